The summed E-state index contributed by atoms with van der Waals surface area (Å²) in [5.41, 5.74) is 7.46. The molecule has 0 radical (unpaired) electrons. The van der Waals surface area contributed by atoms with Gasteiger partial charge in [0.15, 0.2) is 5.71 Å². The average molecular weight is 434 g/mol. The fourth-order valence-electron chi connectivity index (χ4n) is 4.25. The normalized spacial score (nSPS) is 19.7. The number of hydrogen-bond acceptors (Lipinski definition) is 3. The molecule has 0 amide bonds. The highest BCUT2D eigenvalue weighted by Gasteiger charge is 2.42. The molecule has 0 saturated heterocycles. The lowest BCUT2D eigenvalue weighted by atomic mass is 9.88. The minimum absolute atomic E-state index is 0.383. The van der Waals surface area contributed by atoms with Gasteiger partial charge in [0.1, 0.15) is 14.1 Å². The van der Waals surface area contributed by atoms with E-state index in [1.165, 1.54) is 5.56 Å². The molecule has 1 aliphatic heterocycles. The second kappa shape index (κ2) is 8.11. The number of nitrogens with zero attached hydrogens (tertiary/aromatic N) is 2. The molecule has 0 bridgehead atoms. The molecule has 2 aliphatic rings. The Bertz CT molecular complexity index is 1230. The lowest BCUT2D eigenvalue weighted by Crippen LogP contribution is -2.25. The zero-order valence-electron chi connectivity index (χ0n) is 19.1. The maximum atomic E-state index is 14.6. The van der Waals surface area contributed by atoms with Crippen LogP contribution < -0.4 is 10.2 Å². The van der Waals surface area contributed by atoms with Crippen LogP contribution in [0.1, 0.15) is 23.6 Å². The molecule has 5 heteroatoms. The number of fused-ring (bicyclic) bond motifs is 2. The van der Waals surface area contributed by atoms with Crippen LogP contribution in [0.3, 0.4) is 0 Å². The van der Waals surface area contributed by atoms with Gasteiger partial charge in [-0.3, -0.25) is 4.57 Å². The zero-order chi connectivity index (χ0) is 22.3. The van der Waals surface area contributed by atoms with Gasteiger partial charge in [-0.2, -0.15) is 0 Å². The molecule has 2 aromatic rings. The first-order chi connectivity index (χ1) is 14.8. The lowest BCUT2D eigenvalue weighted by Gasteiger charge is -2.33. The number of aryl methyl sites for hydroxylation is 1. The van der Waals surface area contributed by atoms with Gasteiger partial charge in [-0.25, -0.2) is 4.58 Å². The molecule has 2 aromatic carbocycles. The van der Waals surface area contributed by atoms with Gasteiger partial charge in [-0.1, -0.05) is 30.3 Å². The van der Waals surface area contributed by atoms with Crippen LogP contribution in [-0.2, 0) is 9.09 Å². The van der Waals surface area contributed by atoms with Crippen LogP contribution in [0.4, 0.5) is 5.69 Å². The van der Waals surface area contributed by atoms with Gasteiger partial charge in [0.05, 0.1) is 17.2 Å². The Kier molecular flexibility index (Phi) is 5.63. The van der Waals surface area contributed by atoms with Crippen LogP contribution in [0.25, 0.3) is 5.57 Å². The van der Waals surface area contributed by atoms with Crippen molar-refractivity contribution in [2.45, 2.75) is 13.8 Å². The first kappa shape index (κ1) is 21.5. The van der Waals surface area contributed by atoms with Gasteiger partial charge in [0, 0.05) is 31.9 Å². The summed E-state index contributed by atoms with van der Waals surface area (Å²) in [5.74, 6) is 0. The summed E-state index contributed by atoms with van der Waals surface area (Å²) in [6, 6.07) is 14.6. The number of benzene rings is 2. The summed E-state index contributed by atoms with van der Waals surface area (Å²) in [5, 5.41) is 1.56. The van der Waals surface area contributed by atoms with Crippen LogP contribution in [0.2, 0.25) is 0 Å². The highest BCUT2D eigenvalue weighted by Crippen LogP contribution is 2.63. The van der Waals surface area contributed by atoms with Crippen molar-refractivity contribution in [3.63, 3.8) is 0 Å². The Morgan fingerprint density at radius 1 is 1.03 bits per heavy atom. The molecule has 1 atom stereocenters. The molecule has 0 spiro atoms. The molecule has 31 heavy (non-hydrogen) atoms. The lowest BCUT2D eigenvalue weighted by molar-refractivity contribution is -0.462. The summed E-state index contributed by atoms with van der Waals surface area (Å²) in [6.07, 6.45) is 6.23. The maximum Gasteiger partial charge on any atom is 0.262 e. The Labute approximate surface area is 185 Å². The van der Waals surface area contributed by atoms with E-state index in [0.717, 1.165) is 44.3 Å². The summed E-state index contributed by atoms with van der Waals surface area (Å²) in [7, 11) is 4.73. The van der Waals surface area contributed by atoms with Crippen LogP contribution in [-0.4, -0.2) is 45.1 Å². The molecule has 1 aliphatic carbocycles. The average Bonchev–Trinajstić information content (AvgIpc) is 2.75. The summed E-state index contributed by atoms with van der Waals surface area (Å²) in [4.78, 5) is 2.04. The predicted molar refractivity (Wildman–Crippen MR) is 131 cm³/mol. The molecule has 0 aromatic heterocycles. The quantitative estimate of drug-likeness (QED) is 0.503. The predicted octanol–water partition coefficient (Wildman–Crippen LogP) is 4.98. The van der Waals surface area contributed by atoms with Crippen molar-refractivity contribution in [3.8, 4) is 0 Å². The van der Waals surface area contributed by atoms with Gasteiger partial charge in [0.25, 0.3) is 7.37 Å². The van der Waals surface area contributed by atoms with Crippen molar-refractivity contribution in [1.29, 1.82) is 0 Å². The largest absolute Gasteiger partial charge is 0.378 e. The highest BCUT2D eigenvalue weighted by atomic mass is 31.2. The minimum Gasteiger partial charge on any atom is -0.378 e. The SMILES string of the molecule is CCOP1(=O)C2=CC(=[N+](C)C)C=CC2=C(c2ccccc2C)c2ccc(N(C)C)cc21. The van der Waals surface area contributed by atoms with E-state index in [9.17, 15) is 4.57 Å². The van der Waals surface area contributed by atoms with Crippen LogP contribution >= 0.6 is 7.37 Å². The fraction of sp³-hybridized carbons (Fsp3) is 0.269. The van der Waals surface area contributed by atoms with E-state index in [1.54, 1.807) is 0 Å². The second-order valence-electron chi connectivity index (χ2n) is 8.35. The molecule has 0 saturated carbocycles. The third-order valence-electron chi connectivity index (χ3n) is 5.89. The topological polar surface area (TPSA) is 32.6 Å². The molecule has 1 heterocycles. The van der Waals surface area contributed by atoms with Gasteiger partial charge in [-0.15, -0.1) is 0 Å². The Hall–Kier alpha value is -2.68. The summed E-state index contributed by atoms with van der Waals surface area (Å²) >= 11 is 0. The molecular formula is C26H30N2O2P+. The maximum absolute atomic E-state index is 14.6. The fourth-order valence-corrected chi connectivity index (χ4v) is 6.76. The van der Waals surface area contributed by atoms with Crippen LogP contribution in [0, 0.1) is 6.92 Å². The van der Waals surface area contributed by atoms with Gasteiger partial charge < -0.3 is 9.42 Å². The highest BCUT2D eigenvalue weighted by molar-refractivity contribution is 7.71. The number of anilines is 1. The second-order valence-corrected chi connectivity index (χ2v) is 10.7. The van der Waals surface area contributed by atoms with E-state index < -0.39 is 7.37 Å². The Balaban J connectivity index is 2.15. The summed E-state index contributed by atoms with van der Waals surface area (Å²) in [6.45, 7) is 4.42. The van der Waals surface area contributed by atoms with Crippen molar-refractivity contribution in [2.24, 2.45) is 0 Å². The van der Waals surface area contributed by atoms with Crippen molar-refractivity contribution in [1.82, 2.24) is 0 Å². The number of rotatable bonds is 4. The standard InChI is InChI=1S/C26H30N2O2P/c1-7-30-31(29)24-16-19(27(3)4)12-14-22(24)26(21-11-9-8-10-18(21)2)23-15-13-20(28(5)6)17-25(23)31/h8-17H,7H2,1-6H3/q+1. The smallest absolute Gasteiger partial charge is 0.262 e. The van der Waals surface area contributed by atoms with Crippen molar-refractivity contribution in [2.75, 3.05) is 39.7 Å². The first-order valence-corrected chi connectivity index (χ1v) is 12.2. The van der Waals surface area contributed by atoms with Gasteiger partial charge >= 0.3 is 0 Å². The van der Waals surface area contributed by atoms with E-state index in [0.29, 0.717) is 6.61 Å². The molecule has 4 rings (SSSR count). The van der Waals surface area contributed by atoms with Gasteiger partial charge in [0.2, 0.25) is 0 Å². The monoisotopic (exact) mass is 433 g/mol. The first-order valence-electron chi connectivity index (χ1n) is 10.6. The van der Waals surface area contributed by atoms with Crippen LogP contribution in [0.5, 0.6) is 0 Å². The molecule has 1 unspecified atom stereocenters. The van der Waals surface area contributed by atoms with E-state index in [2.05, 4.69) is 55.5 Å². The van der Waals surface area contributed by atoms with Crippen molar-refractivity contribution in [3.05, 3.63) is 88.3 Å². The third-order valence-corrected chi connectivity index (χ3v) is 8.52. The Morgan fingerprint density at radius 2 is 1.77 bits per heavy atom. The van der Waals surface area contributed by atoms with E-state index >= 15 is 0 Å². The Morgan fingerprint density at radius 3 is 2.42 bits per heavy atom. The molecule has 0 N–H and O–H groups in total. The third kappa shape index (κ3) is 3.54. The van der Waals surface area contributed by atoms with Crippen LogP contribution in [0.15, 0.2) is 71.6 Å². The van der Waals surface area contributed by atoms with E-state index in [1.807, 2.05) is 56.7 Å². The van der Waals surface area contributed by atoms with Crippen molar-refractivity contribution >= 4 is 29.6 Å². The van der Waals surface area contributed by atoms with E-state index in [-0.39, 0.29) is 0 Å². The molecule has 4 nitrogen and oxygen atoms in total. The molecule has 160 valence electrons. The molecule has 0 fully saturated rings. The van der Waals surface area contributed by atoms with E-state index in [4.69, 9.17) is 4.52 Å². The zero-order valence-corrected chi connectivity index (χ0v) is 20.0. The number of hydrogen-bond donors (Lipinski definition) is 0. The summed E-state index contributed by atoms with van der Waals surface area (Å²) < 4.78 is 22.8. The van der Waals surface area contributed by atoms with Gasteiger partial charge in [-0.05, 0) is 59.9 Å². The van der Waals surface area contributed by atoms with Crippen molar-refractivity contribution < 1.29 is 13.7 Å². The number of allylic oxidation sites excluding steroid dienone is 5. The minimum atomic E-state index is -3.27. The molecular weight excluding hydrogens is 403 g/mol.